The molecule has 0 bridgehead atoms. The minimum atomic E-state index is -1.49. The van der Waals surface area contributed by atoms with E-state index in [1.807, 2.05) is 12.1 Å². The Morgan fingerprint density at radius 2 is 1.88 bits per heavy atom. The molecule has 0 spiro atoms. The van der Waals surface area contributed by atoms with Crippen LogP contribution >= 0.6 is 0 Å². The van der Waals surface area contributed by atoms with Gasteiger partial charge >= 0.3 is 5.97 Å². The third-order valence-corrected chi connectivity index (χ3v) is 3.46. The van der Waals surface area contributed by atoms with Gasteiger partial charge in [0.15, 0.2) is 0 Å². The van der Waals surface area contributed by atoms with Gasteiger partial charge in [-0.3, -0.25) is 4.79 Å². The maximum Gasteiger partial charge on any atom is 0.360 e. The van der Waals surface area contributed by atoms with Crippen molar-refractivity contribution in [3.8, 4) is 17.8 Å². The third kappa shape index (κ3) is 2.27. The number of hydrogen-bond acceptors (Lipinski definition) is 5. The molecule has 7 nitrogen and oxygen atoms in total. The molecule has 0 saturated carbocycles. The number of carboxylic acids is 1. The van der Waals surface area contributed by atoms with Crippen molar-refractivity contribution in [2.24, 2.45) is 0 Å². The van der Waals surface area contributed by atoms with Crippen molar-refractivity contribution in [2.45, 2.75) is 0 Å². The normalized spacial score (nSPS) is 10.1. The summed E-state index contributed by atoms with van der Waals surface area (Å²) in [5, 5.41) is 31.4. The number of carbonyl (C=O) groups is 1. The minimum absolute atomic E-state index is 0.0187. The molecule has 0 unspecified atom stereocenters. The summed E-state index contributed by atoms with van der Waals surface area (Å²) in [5.41, 5.74) is -0.382. The number of aromatic nitrogens is 2. The van der Waals surface area contributed by atoms with E-state index in [-0.39, 0.29) is 10.9 Å². The highest BCUT2D eigenvalue weighted by Gasteiger charge is 2.19. The van der Waals surface area contributed by atoms with Gasteiger partial charge in [-0.05, 0) is 30.3 Å². The lowest BCUT2D eigenvalue weighted by Crippen LogP contribution is -2.23. The first-order chi connectivity index (χ1) is 11.6. The third-order valence-electron chi connectivity index (χ3n) is 3.46. The van der Waals surface area contributed by atoms with Crippen LogP contribution < -0.4 is 5.43 Å². The fourth-order valence-corrected chi connectivity index (χ4v) is 2.41. The van der Waals surface area contributed by atoms with Crippen LogP contribution in [0.3, 0.4) is 0 Å². The summed E-state index contributed by atoms with van der Waals surface area (Å²) in [6.07, 6.45) is 0. The fraction of sp³-hybridized carbons (Fsp3) is 0. The van der Waals surface area contributed by atoms with Crippen LogP contribution in [0, 0.1) is 22.7 Å². The molecule has 0 fully saturated rings. The quantitative estimate of drug-likeness (QED) is 0.770. The average molecular weight is 316 g/mol. The molecule has 1 N–H and O–H groups in total. The molecule has 0 saturated heterocycles. The predicted octanol–water partition coefficient (Wildman–Crippen LogP) is 1.83. The SMILES string of the molecule is N#Cc1cccc(-n2nc(C(=O)O)c(=O)c3c(C#N)cccc32)c1. The first-order valence-electron chi connectivity index (χ1n) is 6.77. The van der Waals surface area contributed by atoms with E-state index in [4.69, 9.17) is 5.26 Å². The molecule has 24 heavy (non-hydrogen) atoms. The monoisotopic (exact) mass is 316 g/mol. The van der Waals surface area contributed by atoms with Gasteiger partial charge in [0.2, 0.25) is 11.1 Å². The molecule has 0 aliphatic rings. The van der Waals surface area contributed by atoms with Gasteiger partial charge in [-0.2, -0.15) is 15.6 Å². The first kappa shape index (κ1) is 14.9. The maximum atomic E-state index is 12.4. The van der Waals surface area contributed by atoms with Gasteiger partial charge in [-0.15, -0.1) is 0 Å². The van der Waals surface area contributed by atoms with Crippen LogP contribution in [0.4, 0.5) is 0 Å². The van der Waals surface area contributed by atoms with Crippen molar-refractivity contribution < 1.29 is 9.90 Å². The topological polar surface area (TPSA) is 120 Å². The highest BCUT2D eigenvalue weighted by atomic mass is 16.4. The molecule has 0 atom stereocenters. The highest BCUT2D eigenvalue weighted by Crippen LogP contribution is 2.19. The second-order valence-corrected chi connectivity index (χ2v) is 4.87. The molecule has 0 amide bonds. The second-order valence-electron chi connectivity index (χ2n) is 4.87. The summed E-state index contributed by atoms with van der Waals surface area (Å²) in [6, 6.07) is 14.8. The molecule has 3 rings (SSSR count). The zero-order valence-electron chi connectivity index (χ0n) is 12.1. The van der Waals surface area contributed by atoms with E-state index in [0.29, 0.717) is 16.8 Å². The molecular weight excluding hydrogens is 308 g/mol. The molecule has 0 aliphatic carbocycles. The van der Waals surface area contributed by atoms with E-state index in [2.05, 4.69) is 5.10 Å². The molecule has 1 aromatic heterocycles. The summed E-state index contributed by atoms with van der Waals surface area (Å²) in [7, 11) is 0. The van der Waals surface area contributed by atoms with Crippen molar-refractivity contribution >= 4 is 16.9 Å². The summed E-state index contributed by atoms with van der Waals surface area (Å²) in [5.74, 6) is -1.49. The molecular formula is C17H8N4O3. The van der Waals surface area contributed by atoms with Crippen LogP contribution in [-0.4, -0.2) is 20.9 Å². The van der Waals surface area contributed by atoms with E-state index < -0.39 is 17.1 Å². The van der Waals surface area contributed by atoms with Crippen molar-refractivity contribution in [1.29, 1.82) is 10.5 Å². The van der Waals surface area contributed by atoms with Crippen LogP contribution in [0.25, 0.3) is 16.6 Å². The Morgan fingerprint density at radius 3 is 2.54 bits per heavy atom. The van der Waals surface area contributed by atoms with Gasteiger partial charge in [-0.25, -0.2) is 9.48 Å². The zero-order valence-corrected chi connectivity index (χ0v) is 12.1. The number of hydrogen-bond donors (Lipinski definition) is 1. The number of carboxylic acid groups (broad SMARTS) is 1. The summed E-state index contributed by atoms with van der Waals surface area (Å²) < 4.78 is 1.25. The predicted molar refractivity (Wildman–Crippen MR) is 83.7 cm³/mol. The van der Waals surface area contributed by atoms with Crippen LogP contribution in [0.5, 0.6) is 0 Å². The number of aromatic carboxylic acids is 1. The van der Waals surface area contributed by atoms with E-state index in [1.165, 1.54) is 16.8 Å². The molecule has 114 valence electrons. The summed E-state index contributed by atoms with van der Waals surface area (Å²) in [4.78, 5) is 23.8. The lowest BCUT2D eigenvalue weighted by atomic mass is 10.1. The molecule has 2 aromatic carbocycles. The van der Waals surface area contributed by atoms with Crippen molar-refractivity contribution in [3.05, 3.63) is 69.5 Å². The van der Waals surface area contributed by atoms with Crippen molar-refractivity contribution in [1.82, 2.24) is 9.78 Å². The van der Waals surface area contributed by atoms with E-state index in [0.717, 1.165) is 0 Å². The summed E-state index contributed by atoms with van der Waals surface area (Å²) >= 11 is 0. The van der Waals surface area contributed by atoms with Gasteiger partial charge < -0.3 is 5.11 Å². The lowest BCUT2D eigenvalue weighted by molar-refractivity contribution is 0.0687. The van der Waals surface area contributed by atoms with Crippen LogP contribution in [0.1, 0.15) is 21.6 Å². The van der Waals surface area contributed by atoms with Gasteiger partial charge in [0.05, 0.1) is 39.9 Å². The van der Waals surface area contributed by atoms with Gasteiger partial charge in [-0.1, -0.05) is 12.1 Å². The number of nitrogens with zero attached hydrogens (tertiary/aromatic N) is 4. The molecule has 3 aromatic rings. The second kappa shape index (κ2) is 5.67. The molecule has 0 aliphatic heterocycles. The van der Waals surface area contributed by atoms with E-state index >= 15 is 0 Å². The van der Waals surface area contributed by atoms with E-state index in [9.17, 15) is 20.0 Å². The largest absolute Gasteiger partial charge is 0.476 e. The summed E-state index contributed by atoms with van der Waals surface area (Å²) in [6.45, 7) is 0. The standard InChI is InChI=1S/C17H8N4O3/c18-8-10-3-1-5-12(7-10)21-13-6-2-4-11(9-19)14(13)16(22)15(20-21)17(23)24/h1-7H,(H,23,24). The van der Waals surface area contributed by atoms with E-state index in [1.54, 1.807) is 30.3 Å². The van der Waals surface area contributed by atoms with Crippen molar-refractivity contribution in [3.63, 3.8) is 0 Å². The Hall–Kier alpha value is -3.97. The number of benzene rings is 2. The Balaban J connectivity index is 2.51. The molecule has 1 heterocycles. The lowest BCUT2D eigenvalue weighted by Gasteiger charge is -2.11. The Bertz CT molecular complexity index is 1130. The smallest absolute Gasteiger partial charge is 0.360 e. The number of nitriles is 2. The number of fused-ring (bicyclic) bond motifs is 1. The Labute approximate surface area is 135 Å². The van der Waals surface area contributed by atoms with Gasteiger partial charge in [0, 0.05) is 0 Å². The van der Waals surface area contributed by atoms with Gasteiger partial charge in [0.1, 0.15) is 0 Å². The Morgan fingerprint density at radius 1 is 1.12 bits per heavy atom. The minimum Gasteiger partial charge on any atom is -0.476 e. The Kier molecular flexibility index (Phi) is 3.53. The van der Waals surface area contributed by atoms with Crippen LogP contribution in [0.2, 0.25) is 0 Å². The van der Waals surface area contributed by atoms with Crippen LogP contribution in [-0.2, 0) is 0 Å². The van der Waals surface area contributed by atoms with Gasteiger partial charge in [0.25, 0.3) is 0 Å². The van der Waals surface area contributed by atoms with Crippen molar-refractivity contribution in [2.75, 3.05) is 0 Å². The molecule has 0 radical (unpaired) electrons. The first-order valence-corrected chi connectivity index (χ1v) is 6.77. The van der Waals surface area contributed by atoms with Crippen LogP contribution in [0.15, 0.2) is 47.3 Å². The fourth-order valence-electron chi connectivity index (χ4n) is 2.41. The number of rotatable bonds is 2. The average Bonchev–Trinajstić information content (AvgIpc) is 2.61. The molecule has 7 heteroatoms. The highest BCUT2D eigenvalue weighted by molar-refractivity contribution is 5.93. The maximum absolute atomic E-state index is 12.4. The zero-order chi connectivity index (χ0) is 17.3.